The van der Waals surface area contributed by atoms with E-state index in [2.05, 4.69) is 28.7 Å². The second-order valence-electron chi connectivity index (χ2n) is 4.99. The van der Waals surface area contributed by atoms with E-state index in [-0.39, 0.29) is 0 Å². The highest BCUT2D eigenvalue weighted by Gasteiger charge is 2.27. The maximum absolute atomic E-state index is 6.25. The summed E-state index contributed by atoms with van der Waals surface area (Å²) in [6.45, 7) is 4.48. The average Bonchev–Trinajstić information content (AvgIpc) is 2.77. The normalized spacial score (nSPS) is 24.7. The topological polar surface area (TPSA) is 29.0 Å². The second-order valence-corrected chi connectivity index (χ2v) is 6.24. The molecule has 3 heterocycles. The minimum absolute atomic E-state index is 0.488. The minimum atomic E-state index is 0.488. The van der Waals surface area contributed by atoms with Gasteiger partial charge in [-0.05, 0) is 44.6 Å². The van der Waals surface area contributed by atoms with E-state index in [4.69, 9.17) is 11.6 Å². The Balaban J connectivity index is 2.07. The smallest absolute Gasteiger partial charge is 0.228 e. The van der Waals surface area contributed by atoms with Crippen LogP contribution in [0, 0.1) is 0 Å². The third kappa shape index (κ3) is 1.97. The number of hydrogen-bond acceptors (Lipinski definition) is 4. The van der Waals surface area contributed by atoms with Crippen molar-refractivity contribution in [3.05, 3.63) is 16.6 Å². The Labute approximate surface area is 116 Å². The number of piperidine rings is 1. The summed E-state index contributed by atoms with van der Waals surface area (Å²) in [5.74, 6) is 0.787. The van der Waals surface area contributed by atoms with Crippen LogP contribution in [0.4, 0.5) is 5.95 Å². The van der Waals surface area contributed by atoms with Gasteiger partial charge in [0.15, 0.2) is 0 Å². The lowest BCUT2D eigenvalue weighted by Gasteiger charge is -2.39. The van der Waals surface area contributed by atoms with Crippen LogP contribution in [0.2, 0.25) is 5.15 Å². The molecular formula is C13H16ClN3S. The van der Waals surface area contributed by atoms with Gasteiger partial charge in [0, 0.05) is 17.5 Å². The van der Waals surface area contributed by atoms with Crippen LogP contribution in [0.25, 0.3) is 10.2 Å². The van der Waals surface area contributed by atoms with E-state index in [0.717, 1.165) is 16.2 Å². The molecule has 1 fully saturated rings. The Kier molecular flexibility index (Phi) is 3.16. The Hall–Kier alpha value is -0.870. The van der Waals surface area contributed by atoms with E-state index >= 15 is 0 Å². The maximum Gasteiger partial charge on any atom is 0.228 e. The van der Waals surface area contributed by atoms with Crippen LogP contribution < -0.4 is 4.90 Å². The van der Waals surface area contributed by atoms with Crippen LogP contribution in [0.3, 0.4) is 0 Å². The Morgan fingerprint density at radius 2 is 2.00 bits per heavy atom. The molecule has 5 heteroatoms. The van der Waals surface area contributed by atoms with Gasteiger partial charge in [-0.15, -0.1) is 11.3 Å². The van der Waals surface area contributed by atoms with Gasteiger partial charge < -0.3 is 4.90 Å². The molecule has 3 nitrogen and oxygen atoms in total. The van der Waals surface area contributed by atoms with Crippen LogP contribution in [0.1, 0.15) is 33.1 Å². The van der Waals surface area contributed by atoms with Crippen LogP contribution in [0.5, 0.6) is 0 Å². The highest BCUT2D eigenvalue weighted by atomic mass is 35.5. The molecule has 0 bridgehead atoms. The molecular weight excluding hydrogens is 266 g/mol. The molecule has 2 aromatic rings. The predicted octanol–water partition coefficient (Wildman–Crippen LogP) is 4.11. The zero-order valence-corrected chi connectivity index (χ0v) is 12.1. The summed E-state index contributed by atoms with van der Waals surface area (Å²) in [5.41, 5.74) is 0. The van der Waals surface area contributed by atoms with Crippen molar-refractivity contribution < 1.29 is 0 Å². The van der Waals surface area contributed by atoms with E-state index < -0.39 is 0 Å². The van der Waals surface area contributed by atoms with Gasteiger partial charge in [-0.3, -0.25) is 0 Å². The molecule has 0 saturated carbocycles. The standard InChI is InChI=1S/C13H16ClN3S/c1-8-4-3-5-9(2)17(8)13-15-11(14)10-6-7-18-12(10)16-13/h6-9H,3-5H2,1-2H3. The molecule has 0 aliphatic carbocycles. The van der Waals surface area contributed by atoms with Crippen molar-refractivity contribution in [1.82, 2.24) is 9.97 Å². The number of thiophene rings is 1. The first-order chi connectivity index (χ1) is 8.66. The number of fused-ring (bicyclic) bond motifs is 1. The fourth-order valence-electron chi connectivity index (χ4n) is 2.74. The number of halogens is 1. The Bertz CT molecular complexity index is 558. The highest BCUT2D eigenvalue weighted by molar-refractivity contribution is 7.16. The van der Waals surface area contributed by atoms with E-state index in [1.165, 1.54) is 19.3 Å². The lowest BCUT2D eigenvalue weighted by Crippen LogP contribution is -2.44. The number of rotatable bonds is 1. The van der Waals surface area contributed by atoms with Crippen molar-refractivity contribution >= 4 is 39.1 Å². The molecule has 0 N–H and O–H groups in total. The van der Waals surface area contributed by atoms with Gasteiger partial charge in [0.05, 0.1) is 0 Å². The molecule has 96 valence electrons. The first-order valence-corrected chi connectivity index (χ1v) is 7.61. The van der Waals surface area contributed by atoms with E-state index in [9.17, 15) is 0 Å². The minimum Gasteiger partial charge on any atom is -0.335 e. The molecule has 1 aliphatic heterocycles. The Morgan fingerprint density at radius 1 is 1.28 bits per heavy atom. The SMILES string of the molecule is CC1CCCC(C)N1c1nc(Cl)c2ccsc2n1. The van der Waals surface area contributed by atoms with Crippen LogP contribution in [-0.4, -0.2) is 22.1 Å². The molecule has 0 aromatic carbocycles. The molecule has 0 radical (unpaired) electrons. The fourth-order valence-corrected chi connectivity index (χ4v) is 3.78. The van der Waals surface area contributed by atoms with Crippen molar-refractivity contribution in [2.45, 2.75) is 45.2 Å². The number of hydrogen-bond donors (Lipinski definition) is 0. The summed E-state index contributed by atoms with van der Waals surface area (Å²) in [6.07, 6.45) is 3.69. The molecule has 1 aliphatic rings. The van der Waals surface area contributed by atoms with Gasteiger partial charge in [0.1, 0.15) is 9.98 Å². The molecule has 2 aromatic heterocycles. The number of nitrogens with zero attached hydrogens (tertiary/aromatic N) is 3. The highest BCUT2D eigenvalue weighted by Crippen LogP contribution is 2.31. The molecule has 0 amide bonds. The van der Waals surface area contributed by atoms with Crippen molar-refractivity contribution in [3.8, 4) is 0 Å². The van der Waals surface area contributed by atoms with E-state index in [1.807, 2.05) is 11.4 Å². The first-order valence-electron chi connectivity index (χ1n) is 6.36. The third-order valence-electron chi connectivity index (χ3n) is 3.69. The predicted molar refractivity (Wildman–Crippen MR) is 77.7 cm³/mol. The lowest BCUT2D eigenvalue weighted by atomic mass is 9.98. The maximum atomic E-state index is 6.25. The molecule has 18 heavy (non-hydrogen) atoms. The summed E-state index contributed by atoms with van der Waals surface area (Å²) in [5, 5.41) is 3.54. The van der Waals surface area contributed by atoms with Gasteiger partial charge in [-0.25, -0.2) is 9.97 Å². The van der Waals surface area contributed by atoms with Crippen molar-refractivity contribution in [1.29, 1.82) is 0 Å². The van der Waals surface area contributed by atoms with Gasteiger partial charge >= 0.3 is 0 Å². The van der Waals surface area contributed by atoms with Gasteiger partial charge in [0.25, 0.3) is 0 Å². The van der Waals surface area contributed by atoms with Gasteiger partial charge in [-0.1, -0.05) is 11.6 Å². The monoisotopic (exact) mass is 281 g/mol. The van der Waals surface area contributed by atoms with Crippen LogP contribution >= 0.6 is 22.9 Å². The molecule has 2 unspecified atom stereocenters. The van der Waals surface area contributed by atoms with Gasteiger partial charge in [0.2, 0.25) is 5.95 Å². The third-order valence-corrected chi connectivity index (χ3v) is 4.79. The molecule has 2 atom stereocenters. The van der Waals surface area contributed by atoms with Gasteiger partial charge in [-0.2, -0.15) is 0 Å². The molecule has 3 rings (SSSR count). The van der Waals surface area contributed by atoms with Crippen molar-refractivity contribution in [2.75, 3.05) is 4.90 Å². The summed E-state index contributed by atoms with van der Waals surface area (Å²) < 4.78 is 0. The van der Waals surface area contributed by atoms with Crippen molar-refractivity contribution in [2.24, 2.45) is 0 Å². The summed E-state index contributed by atoms with van der Waals surface area (Å²) in [7, 11) is 0. The van der Waals surface area contributed by atoms with Crippen molar-refractivity contribution in [3.63, 3.8) is 0 Å². The Morgan fingerprint density at radius 3 is 2.72 bits per heavy atom. The summed E-state index contributed by atoms with van der Waals surface area (Å²) in [6, 6.07) is 2.96. The lowest BCUT2D eigenvalue weighted by molar-refractivity contribution is 0.408. The zero-order chi connectivity index (χ0) is 12.7. The van der Waals surface area contributed by atoms with Crippen LogP contribution in [0.15, 0.2) is 11.4 Å². The second kappa shape index (κ2) is 4.67. The number of aromatic nitrogens is 2. The summed E-state index contributed by atoms with van der Waals surface area (Å²) in [4.78, 5) is 12.4. The fraction of sp³-hybridized carbons (Fsp3) is 0.538. The first kappa shape index (κ1) is 12.2. The van der Waals surface area contributed by atoms with E-state index in [0.29, 0.717) is 17.2 Å². The largest absolute Gasteiger partial charge is 0.335 e. The molecule has 1 saturated heterocycles. The molecule has 0 spiro atoms. The van der Waals surface area contributed by atoms with Crippen LogP contribution in [-0.2, 0) is 0 Å². The van der Waals surface area contributed by atoms with E-state index in [1.54, 1.807) is 11.3 Å². The zero-order valence-electron chi connectivity index (χ0n) is 10.6. The average molecular weight is 282 g/mol. The number of anilines is 1. The quantitative estimate of drug-likeness (QED) is 0.737. The summed E-state index contributed by atoms with van der Waals surface area (Å²) >= 11 is 7.87.